The summed E-state index contributed by atoms with van der Waals surface area (Å²) in [5.74, 6) is 0. The maximum atomic E-state index is 8.95. The van der Waals surface area contributed by atoms with Crippen molar-refractivity contribution in [2.24, 2.45) is 0 Å². The van der Waals surface area contributed by atoms with Crippen LogP contribution in [0.3, 0.4) is 0 Å². The summed E-state index contributed by atoms with van der Waals surface area (Å²) in [5, 5.41) is 11.3. The molecule has 0 aromatic heterocycles. The third kappa shape index (κ3) is 1.72. The second-order valence-corrected chi connectivity index (χ2v) is 8.20. The molecule has 6 rings (SSSR count). The fourth-order valence-electron chi connectivity index (χ4n) is 5.08. The Labute approximate surface area is 158 Å². The standard InChI is InChI=1S/C26H19N/c1-26(2)22-10-6-5-9-17(22)20-13-19-18-12-11-15-7-3-4-8-16(15)24(18)25(27)21(19)14-23(20)26/h3-14,27H,1-2H3. The molecule has 0 saturated heterocycles. The minimum absolute atomic E-state index is 0.0297. The molecule has 4 aromatic carbocycles. The van der Waals surface area contributed by atoms with Gasteiger partial charge in [-0.1, -0.05) is 74.5 Å². The molecule has 4 aromatic rings. The first-order chi connectivity index (χ1) is 13.1. The van der Waals surface area contributed by atoms with Gasteiger partial charge in [0.25, 0.3) is 0 Å². The van der Waals surface area contributed by atoms with Crippen LogP contribution in [0.25, 0.3) is 33.0 Å². The Kier molecular flexibility index (Phi) is 2.62. The lowest BCUT2D eigenvalue weighted by Crippen LogP contribution is -2.15. The van der Waals surface area contributed by atoms with Gasteiger partial charge in [-0.3, -0.25) is 5.41 Å². The summed E-state index contributed by atoms with van der Waals surface area (Å²) in [5.41, 5.74) is 10.6. The van der Waals surface area contributed by atoms with Gasteiger partial charge < -0.3 is 0 Å². The van der Waals surface area contributed by atoms with Crippen LogP contribution in [0.15, 0.2) is 72.8 Å². The van der Waals surface area contributed by atoms with Crippen molar-refractivity contribution in [3.05, 3.63) is 95.1 Å². The first-order valence-corrected chi connectivity index (χ1v) is 9.47. The number of nitrogens with one attached hydrogen (secondary N) is 1. The molecule has 0 heterocycles. The van der Waals surface area contributed by atoms with Crippen LogP contribution < -0.4 is 0 Å². The highest BCUT2D eigenvalue weighted by Crippen LogP contribution is 2.52. The predicted octanol–water partition coefficient (Wildman–Crippen LogP) is 6.54. The molecule has 1 heteroatoms. The molecule has 0 spiro atoms. The molecule has 0 radical (unpaired) electrons. The van der Waals surface area contributed by atoms with Gasteiger partial charge in [0.15, 0.2) is 0 Å². The van der Waals surface area contributed by atoms with E-state index in [0.29, 0.717) is 5.71 Å². The molecule has 0 fully saturated rings. The van der Waals surface area contributed by atoms with E-state index in [4.69, 9.17) is 5.41 Å². The molecular weight excluding hydrogens is 326 g/mol. The van der Waals surface area contributed by atoms with E-state index in [2.05, 4.69) is 86.6 Å². The van der Waals surface area contributed by atoms with Gasteiger partial charge in [0, 0.05) is 16.5 Å². The summed E-state index contributed by atoms with van der Waals surface area (Å²) in [6.07, 6.45) is 0. The molecule has 0 bridgehead atoms. The van der Waals surface area contributed by atoms with Gasteiger partial charge in [0.05, 0.1) is 5.71 Å². The van der Waals surface area contributed by atoms with Crippen molar-refractivity contribution in [2.75, 3.05) is 0 Å². The van der Waals surface area contributed by atoms with Crippen molar-refractivity contribution in [2.45, 2.75) is 19.3 Å². The highest BCUT2D eigenvalue weighted by molar-refractivity contribution is 6.29. The molecule has 0 amide bonds. The normalized spacial score (nSPS) is 15.4. The minimum atomic E-state index is -0.0297. The molecule has 128 valence electrons. The Balaban J connectivity index is 1.70. The van der Waals surface area contributed by atoms with E-state index < -0.39 is 0 Å². The molecule has 1 nitrogen and oxygen atoms in total. The molecule has 2 aliphatic carbocycles. The second kappa shape index (κ2) is 4.75. The second-order valence-electron chi connectivity index (χ2n) is 8.20. The van der Waals surface area contributed by atoms with Crippen LogP contribution in [0, 0.1) is 5.41 Å². The van der Waals surface area contributed by atoms with Crippen molar-refractivity contribution in [1.82, 2.24) is 0 Å². The number of fused-ring (bicyclic) bond motifs is 8. The van der Waals surface area contributed by atoms with Crippen LogP contribution in [0.1, 0.15) is 36.1 Å². The monoisotopic (exact) mass is 345 g/mol. The maximum absolute atomic E-state index is 8.95. The Hall–Kier alpha value is -3.19. The smallest absolute Gasteiger partial charge is 0.0703 e. The average Bonchev–Trinajstić information content (AvgIpc) is 3.11. The quantitative estimate of drug-likeness (QED) is 0.329. The predicted molar refractivity (Wildman–Crippen MR) is 113 cm³/mol. The van der Waals surface area contributed by atoms with Crippen LogP contribution in [0.2, 0.25) is 0 Å². The summed E-state index contributed by atoms with van der Waals surface area (Å²) < 4.78 is 0. The van der Waals surface area contributed by atoms with Crippen LogP contribution in [-0.2, 0) is 5.41 Å². The van der Waals surface area contributed by atoms with Gasteiger partial charge in [0.2, 0.25) is 0 Å². The Bertz CT molecular complexity index is 1310. The van der Waals surface area contributed by atoms with Gasteiger partial charge in [-0.2, -0.15) is 0 Å². The highest BCUT2D eigenvalue weighted by Gasteiger charge is 2.38. The molecule has 0 aliphatic heterocycles. The third-order valence-corrected chi connectivity index (χ3v) is 6.46. The number of rotatable bonds is 0. The van der Waals surface area contributed by atoms with E-state index >= 15 is 0 Å². The van der Waals surface area contributed by atoms with Crippen LogP contribution in [0.5, 0.6) is 0 Å². The zero-order chi connectivity index (χ0) is 18.3. The van der Waals surface area contributed by atoms with Crippen molar-refractivity contribution in [3.8, 4) is 22.3 Å². The molecule has 0 unspecified atom stereocenters. The topological polar surface area (TPSA) is 23.9 Å². The van der Waals surface area contributed by atoms with E-state index in [9.17, 15) is 0 Å². The van der Waals surface area contributed by atoms with Gasteiger partial charge in [0.1, 0.15) is 0 Å². The number of hydrogen-bond acceptors (Lipinski definition) is 1. The first kappa shape index (κ1) is 14.9. The van der Waals surface area contributed by atoms with Gasteiger partial charge in [-0.15, -0.1) is 0 Å². The van der Waals surface area contributed by atoms with Gasteiger partial charge in [-0.25, -0.2) is 0 Å². The van der Waals surface area contributed by atoms with Crippen LogP contribution in [0.4, 0.5) is 0 Å². The summed E-state index contributed by atoms with van der Waals surface area (Å²) >= 11 is 0. The fraction of sp³-hybridized carbons (Fsp3) is 0.115. The lowest BCUT2D eigenvalue weighted by Gasteiger charge is -2.22. The Morgan fingerprint density at radius 1 is 0.630 bits per heavy atom. The summed E-state index contributed by atoms with van der Waals surface area (Å²) in [4.78, 5) is 0. The lowest BCUT2D eigenvalue weighted by molar-refractivity contribution is 0.660. The largest absolute Gasteiger partial charge is 0.300 e. The summed E-state index contributed by atoms with van der Waals surface area (Å²) in [7, 11) is 0. The number of hydrogen-bond donors (Lipinski definition) is 1. The van der Waals surface area contributed by atoms with Gasteiger partial charge in [-0.05, 0) is 56.3 Å². The Morgan fingerprint density at radius 3 is 2.30 bits per heavy atom. The molecule has 27 heavy (non-hydrogen) atoms. The van der Waals surface area contributed by atoms with E-state index in [1.54, 1.807) is 0 Å². The number of benzene rings is 4. The summed E-state index contributed by atoms with van der Waals surface area (Å²) in [6, 6.07) is 26.1. The molecule has 2 aliphatic rings. The van der Waals surface area contributed by atoms with Crippen LogP contribution >= 0.6 is 0 Å². The SMILES string of the molecule is CC1(C)c2ccccc2-c2cc3c(cc21)C(=N)c1c-3ccc2ccccc12. The van der Waals surface area contributed by atoms with E-state index in [1.165, 1.54) is 44.2 Å². The van der Waals surface area contributed by atoms with Crippen molar-refractivity contribution < 1.29 is 0 Å². The maximum Gasteiger partial charge on any atom is 0.0703 e. The van der Waals surface area contributed by atoms with Crippen molar-refractivity contribution >= 4 is 16.5 Å². The fourth-order valence-corrected chi connectivity index (χ4v) is 5.08. The highest BCUT2D eigenvalue weighted by atomic mass is 14.5. The lowest BCUT2D eigenvalue weighted by atomic mass is 9.81. The molecule has 1 N–H and O–H groups in total. The van der Waals surface area contributed by atoms with Crippen LogP contribution in [-0.4, -0.2) is 5.71 Å². The first-order valence-electron chi connectivity index (χ1n) is 9.47. The molecule has 0 saturated carbocycles. The zero-order valence-corrected chi connectivity index (χ0v) is 15.4. The molecule has 0 atom stereocenters. The zero-order valence-electron chi connectivity index (χ0n) is 15.4. The third-order valence-electron chi connectivity index (χ3n) is 6.46. The average molecular weight is 345 g/mol. The van der Waals surface area contributed by atoms with E-state index in [0.717, 1.165) is 11.1 Å². The van der Waals surface area contributed by atoms with E-state index in [-0.39, 0.29) is 5.41 Å². The molecular formula is C26H19N. The Morgan fingerprint density at radius 2 is 1.41 bits per heavy atom. The van der Waals surface area contributed by atoms with E-state index in [1.807, 2.05) is 0 Å². The minimum Gasteiger partial charge on any atom is -0.300 e. The van der Waals surface area contributed by atoms with Crippen molar-refractivity contribution in [3.63, 3.8) is 0 Å². The van der Waals surface area contributed by atoms with Gasteiger partial charge >= 0.3 is 0 Å². The summed E-state index contributed by atoms with van der Waals surface area (Å²) in [6.45, 7) is 4.59. The van der Waals surface area contributed by atoms with Crippen molar-refractivity contribution in [1.29, 1.82) is 5.41 Å².